The third-order valence-electron chi connectivity index (χ3n) is 2.49. The first-order chi connectivity index (χ1) is 8.81. The van der Waals surface area contributed by atoms with E-state index in [0.29, 0.717) is 17.2 Å². The molecule has 1 unspecified atom stereocenters. The van der Waals surface area contributed by atoms with Crippen LogP contribution >= 0.6 is 0 Å². The molecule has 4 heteroatoms. The van der Waals surface area contributed by atoms with E-state index < -0.39 is 6.10 Å². The van der Waals surface area contributed by atoms with Crippen molar-refractivity contribution in [2.75, 3.05) is 13.7 Å². The molecule has 0 spiro atoms. The van der Waals surface area contributed by atoms with Crippen molar-refractivity contribution in [1.29, 1.82) is 0 Å². The Morgan fingerprint density at radius 1 is 1.17 bits per heavy atom. The number of nitrogens with zero attached hydrogens (tertiary/aromatic N) is 1. The Labute approximate surface area is 106 Å². The van der Waals surface area contributed by atoms with Crippen LogP contribution in [-0.2, 0) is 0 Å². The second kappa shape index (κ2) is 6.02. The topological polar surface area (TPSA) is 51.6 Å². The maximum atomic E-state index is 10.0. The quantitative estimate of drug-likeness (QED) is 0.877. The van der Waals surface area contributed by atoms with Crippen LogP contribution in [0.25, 0.3) is 0 Å². The summed E-state index contributed by atoms with van der Waals surface area (Å²) in [7, 11) is 1.55. The van der Waals surface area contributed by atoms with Crippen LogP contribution < -0.4 is 9.47 Å². The number of hydrogen-bond donors (Lipinski definition) is 1. The van der Waals surface area contributed by atoms with Crippen molar-refractivity contribution in [2.45, 2.75) is 6.10 Å². The van der Waals surface area contributed by atoms with Crippen LogP contribution in [0.5, 0.6) is 11.5 Å². The fraction of sp³-hybridized carbons (Fsp3) is 0.214. The van der Waals surface area contributed by atoms with Gasteiger partial charge in [-0.2, -0.15) is 0 Å². The van der Waals surface area contributed by atoms with Gasteiger partial charge in [0.1, 0.15) is 29.9 Å². The molecule has 0 saturated heterocycles. The summed E-state index contributed by atoms with van der Waals surface area (Å²) in [6.45, 7) is 0.136. The number of pyridine rings is 1. The Hall–Kier alpha value is -2.07. The van der Waals surface area contributed by atoms with Crippen LogP contribution in [0.2, 0.25) is 0 Å². The molecule has 0 aliphatic carbocycles. The van der Waals surface area contributed by atoms with Gasteiger partial charge in [-0.3, -0.25) is 4.98 Å². The highest BCUT2D eigenvalue weighted by atomic mass is 16.5. The summed E-state index contributed by atoms with van der Waals surface area (Å²) in [4.78, 5) is 4.11. The van der Waals surface area contributed by atoms with E-state index in [1.807, 2.05) is 30.3 Å². The zero-order valence-electron chi connectivity index (χ0n) is 10.1. The molecule has 1 heterocycles. The van der Waals surface area contributed by atoms with Gasteiger partial charge in [-0.15, -0.1) is 0 Å². The zero-order chi connectivity index (χ0) is 12.8. The summed E-state index contributed by atoms with van der Waals surface area (Å²) >= 11 is 0. The van der Waals surface area contributed by atoms with E-state index in [4.69, 9.17) is 9.47 Å². The SMILES string of the molecule is COc1cccnc1C(O)COc1ccccc1. The maximum Gasteiger partial charge on any atom is 0.143 e. The predicted octanol–water partition coefficient (Wildman–Crippen LogP) is 2.20. The Balaban J connectivity index is 2.01. The number of aromatic nitrogens is 1. The molecule has 0 bridgehead atoms. The van der Waals surface area contributed by atoms with Crippen molar-refractivity contribution in [3.8, 4) is 11.5 Å². The molecule has 1 atom stereocenters. The van der Waals surface area contributed by atoms with Crippen molar-refractivity contribution in [2.24, 2.45) is 0 Å². The van der Waals surface area contributed by atoms with Gasteiger partial charge in [-0.05, 0) is 24.3 Å². The summed E-state index contributed by atoms with van der Waals surface area (Å²) in [6, 6.07) is 12.9. The number of methoxy groups -OCH3 is 1. The van der Waals surface area contributed by atoms with E-state index in [1.165, 1.54) is 0 Å². The zero-order valence-corrected chi connectivity index (χ0v) is 10.1. The van der Waals surface area contributed by atoms with Gasteiger partial charge < -0.3 is 14.6 Å². The van der Waals surface area contributed by atoms with E-state index in [9.17, 15) is 5.11 Å². The third-order valence-corrected chi connectivity index (χ3v) is 2.49. The van der Waals surface area contributed by atoms with Crippen LogP contribution in [0.4, 0.5) is 0 Å². The fourth-order valence-corrected chi connectivity index (χ4v) is 1.60. The van der Waals surface area contributed by atoms with Crippen LogP contribution in [0.3, 0.4) is 0 Å². The van der Waals surface area contributed by atoms with Crippen LogP contribution in [0.1, 0.15) is 11.8 Å². The van der Waals surface area contributed by atoms with Crippen molar-refractivity contribution in [3.63, 3.8) is 0 Å². The molecule has 0 amide bonds. The van der Waals surface area contributed by atoms with E-state index >= 15 is 0 Å². The Morgan fingerprint density at radius 2 is 1.94 bits per heavy atom. The summed E-state index contributed by atoms with van der Waals surface area (Å²) in [5.74, 6) is 1.27. The summed E-state index contributed by atoms with van der Waals surface area (Å²) in [5.41, 5.74) is 0.482. The lowest BCUT2D eigenvalue weighted by atomic mass is 10.2. The minimum Gasteiger partial charge on any atom is -0.495 e. The first-order valence-corrected chi connectivity index (χ1v) is 5.66. The number of benzene rings is 1. The van der Waals surface area contributed by atoms with E-state index in [-0.39, 0.29) is 6.61 Å². The van der Waals surface area contributed by atoms with Gasteiger partial charge in [0, 0.05) is 6.20 Å². The minimum absolute atomic E-state index is 0.136. The molecule has 0 fully saturated rings. The molecule has 0 saturated carbocycles. The molecule has 94 valence electrons. The first kappa shape index (κ1) is 12.4. The Kier molecular flexibility index (Phi) is 4.15. The van der Waals surface area contributed by atoms with Gasteiger partial charge in [0.2, 0.25) is 0 Å². The van der Waals surface area contributed by atoms with Crippen LogP contribution in [0, 0.1) is 0 Å². The van der Waals surface area contributed by atoms with Crippen molar-refractivity contribution >= 4 is 0 Å². The highest BCUT2D eigenvalue weighted by molar-refractivity contribution is 5.29. The van der Waals surface area contributed by atoms with Crippen molar-refractivity contribution in [1.82, 2.24) is 4.98 Å². The second-order valence-corrected chi connectivity index (χ2v) is 3.73. The normalized spacial score (nSPS) is 11.9. The molecule has 1 aromatic heterocycles. The fourth-order valence-electron chi connectivity index (χ4n) is 1.60. The van der Waals surface area contributed by atoms with Crippen molar-refractivity contribution < 1.29 is 14.6 Å². The molecule has 18 heavy (non-hydrogen) atoms. The smallest absolute Gasteiger partial charge is 0.143 e. The van der Waals surface area contributed by atoms with Gasteiger partial charge in [-0.25, -0.2) is 0 Å². The third kappa shape index (κ3) is 2.99. The average molecular weight is 245 g/mol. The minimum atomic E-state index is -0.818. The van der Waals surface area contributed by atoms with E-state index in [1.54, 1.807) is 25.4 Å². The predicted molar refractivity (Wildman–Crippen MR) is 67.7 cm³/mol. The van der Waals surface area contributed by atoms with E-state index in [2.05, 4.69) is 4.98 Å². The standard InChI is InChI=1S/C14H15NO3/c1-17-13-8-5-9-15-14(13)12(16)10-18-11-6-3-2-4-7-11/h2-9,12,16H,10H2,1H3. The van der Waals surface area contributed by atoms with E-state index in [0.717, 1.165) is 0 Å². The largest absolute Gasteiger partial charge is 0.495 e. The van der Waals surface area contributed by atoms with Crippen LogP contribution in [0.15, 0.2) is 48.7 Å². The first-order valence-electron chi connectivity index (χ1n) is 5.66. The second-order valence-electron chi connectivity index (χ2n) is 3.73. The Morgan fingerprint density at radius 3 is 2.67 bits per heavy atom. The number of aliphatic hydroxyl groups is 1. The lowest BCUT2D eigenvalue weighted by Crippen LogP contribution is -2.12. The van der Waals surface area contributed by atoms with Gasteiger partial charge in [0.05, 0.1) is 7.11 Å². The summed E-state index contributed by atoms with van der Waals surface area (Å²) < 4.78 is 10.6. The van der Waals surface area contributed by atoms with Crippen LogP contribution in [-0.4, -0.2) is 23.8 Å². The molecular weight excluding hydrogens is 230 g/mol. The molecular formula is C14H15NO3. The molecule has 0 aliphatic rings. The number of hydrogen-bond acceptors (Lipinski definition) is 4. The number of aliphatic hydroxyl groups excluding tert-OH is 1. The lowest BCUT2D eigenvalue weighted by molar-refractivity contribution is 0.102. The lowest BCUT2D eigenvalue weighted by Gasteiger charge is -2.14. The van der Waals surface area contributed by atoms with Crippen molar-refractivity contribution in [3.05, 3.63) is 54.4 Å². The molecule has 1 aromatic carbocycles. The van der Waals surface area contributed by atoms with Gasteiger partial charge in [0.25, 0.3) is 0 Å². The summed E-state index contributed by atoms with van der Waals surface area (Å²) in [6.07, 6.45) is 0.796. The highest BCUT2D eigenvalue weighted by Gasteiger charge is 2.15. The highest BCUT2D eigenvalue weighted by Crippen LogP contribution is 2.22. The number of para-hydroxylation sites is 1. The monoisotopic (exact) mass is 245 g/mol. The molecule has 0 radical (unpaired) electrons. The maximum absolute atomic E-state index is 10.0. The average Bonchev–Trinajstić information content (AvgIpc) is 2.45. The molecule has 2 rings (SSSR count). The number of rotatable bonds is 5. The number of ether oxygens (including phenoxy) is 2. The Bertz CT molecular complexity index is 487. The summed E-state index contributed by atoms with van der Waals surface area (Å²) in [5, 5.41) is 10.0. The van der Waals surface area contributed by atoms with Gasteiger partial charge in [0.15, 0.2) is 0 Å². The molecule has 0 aliphatic heterocycles. The van der Waals surface area contributed by atoms with Gasteiger partial charge >= 0.3 is 0 Å². The van der Waals surface area contributed by atoms with Gasteiger partial charge in [-0.1, -0.05) is 18.2 Å². The molecule has 4 nitrogen and oxygen atoms in total. The molecule has 1 N–H and O–H groups in total. The molecule has 2 aromatic rings.